The summed E-state index contributed by atoms with van der Waals surface area (Å²) in [5, 5.41) is 0. The Kier molecular flexibility index (Phi) is 4.30. The van der Waals surface area contributed by atoms with Crippen LogP contribution in [0.15, 0.2) is 42.5 Å². The lowest BCUT2D eigenvalue weighted by Gasteiger charge is -2.11. The van der Waals surface area contributed by atoms with Gasteiger partial charge in [-0.05, 0) is 71.9 Å². The Hall–Kier alpha value is -3.07. The van der Waals surface area contributed by atoms with E-state index in [9.17, 15) is 0 Å². The number of aromatic nitrogens is 1. The first-order chi connectivity index (χ1) is 14.7. The lowest BCUT2D eigenvalue weighted by Crippen LogP contribution is -2.45. The molecule has 0 radical (unpaired) electrons. The second kappa shape index (κ2) is 6.71. The molecule has 3 nitrogen and oxygen atoms in total. The van der Waals surface area contributed by atoms with Gasteiger partial charge in [0.25, 0.3) is 22.8 Å². The average Bonchev–Trinajstić information content (AvgIpc) is 3.11. The Morgan fingerprint density at radius 1 is 0.548 bits per heavy atom. The first kappa shape index (κ1) is 19.9. The zero-order chi connectivity index (χ0) is 22.2. The fourth-order valence-corrected chi connectivity index (χ4v) is 5.97. The molecule has 0 unspecified atom stereocenters. The van der Waals surface area contributed by atoms with Crippen LogP contribution in [0.25, 0.3) is 0 Å². The minimum absolute atomic E-state index is 0.0754. The van der Waals surface area contributed by atoms with Gasteiger partial charge in [-0.2, -0.15) is 0 Å². The Bertz CT molecular complexity index is 1210. The van der Waals surface area contributed by atoms with E-state index in [1.165, 1.54) is 67.6 Å². The predicted molar refractivity (Wildman–Crippen MR) is 126 cm³/mol. The smallest absolute Gasteiger partial charge is 0.0649 e. The van der Waals surface area contributed by atoms with E-state index in [2.05, 4.69) is 112 Å². The maximum Gasteiger partial charge on any atom is 0.555 e. The van der Waals surface area contributed by atoms with Crippen LogP contribution in [0.3, 0.4) is 0 Å². The van der Waals surface area contributed by atoms with Crippen molar-refractivity contribution >= 4 is 22.8 Å². The van der Waals surface area contributed by atoms with Crippen LogP contribution < -0.4 is 4.57 Å². The minimum atomic E-state index is 0.0754. The molecule has 3 heteroatoms. The van der Waals surface area contributed by atoms with Gasteiger partial charge < -0.3 is 0 Å². The van der Waals surface area contributed by atoms with Crippen LogP contribution in [0, 0.1) is 41.5 Å². The van der Waals surface area contributed by atoms with Crippen molar-refractivity contribution in [1.82, 2.24) is 0 Å². The van der Waals surface area contributed by atoms with E-state index < -0.39 is 0 Å². The molecule has 5 rings (SSSR count). The molecule has 0 N–H and O–H groups in total. The molecule has 0 fully saturated rings. The molecule has 0 amide bonds. The van der Waals surface area contributed by atoms with Crippen molar-refractivity contribution in [2.24, 2.45) is 0 Å². The third kappa shape index (κ3) is 2.69. The first-order valence-corrected chi connectivity index (χ1v) is 11.2. The molecule has 0 saturated carbocycles. The molecule has 0 spiro atoms. The Labute approximate surface area is 185 Å². The summed E-state index contributed by atoms with van der Waals surface area (Å²) in [7, 11) is 0. The van der Waals surface area contributed by atoms with Crippen molar-refractivity contribution in [3.05, 3.63) is 87.2 Å². The summed E-state index contributed by atoms with van der Waals surface area (Å²) < 4.78 is 7.62. The maximum absolute atomic E-state index is 2.55. The Balaban J connectivity index is 1.85. The fourth-order valence-electron chi connectivity index (χ4n) is 5.97. The summed E-state index contributed by atoms with van der Waals surface area (Å²) in [5.74, 6) is 0. The molecule has 1 aromatic heterocycles. The van der Waals surface area contributed by atoms with Gasteiger partial charge in [-0.1, -0.05) is 24.8 Å². The average molecular weight is 411 g/mol. The highest BCUT2D eigenvalue weighted by atomic mass is 15.5. The maximum atomic E-state index is 2.55. The number of pyridine rings is 1. The number of hydrogen-bond acceptors (Lipinski definition) is 0. The highest BCUT2D eigenvalue weighted by Crippen LogP contribution is 2.38. The number of benzene rings is 2. The highest BCUT2D eigenvalue weighted by molar-refractivity contribution is 5.97. The van der Waals surface area contributed by atoms with E-state index in [0.717, 1.165) is 0 Å². The van der Waals surface area contributed by atoms with Gasteiger partial charge in [0.2, 0.25) is 11.4 Å². The van der Waals surface area contributed by atoms with Gasteiger partial charge in [-0.25, -0.2) is 0 Å². The topological polar surface area (TPSA) is 9.90 Å². The molecule has 0 atom stereocenters. The number of rotatable bonds is 2. The van der Waals surface area contributed by atoms with Crippen LogP contribution in [-0.2, 0) is 0 Å². The number of aryl methyl sites for hydroxylation is 6. The monoisotopic (exact) mass is 410 g/mol. The molecule has 0 aliphatic carbocycles. The molecule has 3 aromatic rings. The van der Waals surface area contributed by atoms with E-state index in [-0.39, 0.29) is 6.29 Å². The van der Waals surface area contributed by atoms with Gasteiger partial charge in [-0.3, -0.25) is 0 Å². The van der Waals surface area contributed by atoms with Gasteiger partial charge in [0.05, 0.1) is 0 Å². The Morgan fingerprint density at radius 3 is 1.26 bits per heavy atom. The molecule has 0 bridgehead atoms. The van der Waals surface area contributed by atoms with Crippen LogP contribution in [0.4, 0.5) is 11.4 Å². The van der Waals surface area contributed by atoms with Crippen LogP contribution in [0.5, 0.6) is 0 Å². The van der Waals surface area contributed by atoms with Crippen LogP contribution in [0.1, 0.15) is 64.9 Å². The lowest BCUT2D eigenvalue weighted by molar-refractivity contribution is -0.968. The lowest BCUT2D eigenvalue weighted by atomic mass is 10.0. The second-order valence-corrected chi connectivity index (χ2v) is 9.42. The van der Waals surface area contributed by atoms with E-state index in [1.807, 2.05) is 0 Å². The van der Waals surface area contributed by atoms with Gasteiger partial charge in [0.1, 0.15) is 0 Å². The summed E-state index contributed by atoms with van der Waals surface area (Å²) in [4.78, 5) is 0. The summed E-state index contributed by atoms with van der Waals surface area (Å²) in [6.07, 6.45) is 0.0754. The molecule has 31 heavy (non-hydrogen) atoms. The van der Waals surface area contributed by atoms with Gasteiger partial charge in [-0.15, -0.1) is 0 Å². The van der Waals surface area contributed by atoms with Crippen molar-refractivity contribution in [1.29, 1.82) is 0 Å². The van der Waals surface area contributed by atoms with E-state index >= 15 is 0 Å². The quantitative estimate of drug-likeness (QED) is 0.486. The molecule has 2 aliphatic heterocycles. The van der Waals surface area contributed by atoms with E-state index in [4.69, 9.17) is 0 Å². The standard InChI is InChI=1S/C28H32N3/c1-16-12-18(3)26(19(4)13-16)29-22(7)24-10-9-11-25-23(8)30(28(29)31(24)25)27-20(5)14-17(2)15-21(27)6/h9-15,28H,1-8H3/q+3. The van der Waals surface area contributed by atoms with Crippen molar-refractivity contribution in [2.45, 2.75) is 61.7 Å². The number of nitrogens with zero attached hydrogens (tertiary/aromatic N) is 3. The first-order valence-electron chi connectivity index (χ1n) is 11.2. The molecule has 2 aliphatic rings. The molecular formula is C28H32N3+3. The summed E-state index contributed by atoms with van der Waals surface area (Å²) in [5.41, 5.74) is 15.8. The third-order valence-electron chi connectivity index (χ3n) is 6.94. The highest BCUT2D eigenvalue weighted by Gasteiger charge is 2.62. The zero-order valence-electron chi connectivity index (χ0n) is 20.0. The molecule has 0 saturated heterocycles. The van der Waals surface area contributed by atoms with Gasteiger partial charge >= 0.3 is 6.29 Å². The summed E-state index contributed by atoms with van der Waals surface area (Å²) >= 11 is 0. The molecule has 3 heterocycles. The SMILES string of the molecule is CC1=[N+](c2c(C)cc(C)cc2C)C2[N+](c3c(C)cc(C)cc3C)=C(C)c3cccc1[n+]32. The van der Waals surface area contributed by atoms with Crippen LogP contribution in [0.2, 0.25) is 0 Å². The van der Waals surface area contributed by atoms with Crippen LogP contribution in [-0.4, -0.2) is 20.6 Å². The Morgan fingerprint density at radius 2 is 0.903 bits per heavy atom. The minimum Gasteiger partial charge on any atom is -0.0649 e. The number of hydrogen-bond donors (Lipinski definition) is 0. The van der Waals surface area contributed by atoms with Crippen molar-refractivity contribution < 1.29 is 13.7 Å². The van der Waals surface area contributed by atoms with E-state index in [1.54, 1.807) is 0 Å². The third-order valence-corrected chi connectivity index (χ3v) is 6.94. The second-order valence-electron chi connectivity index (χ2n) is 9.42. The van der Waals surface area contributed by atoms with Gasteiger partial charge in [0, 0.05) is 48.2 Å². The van der Waals surface area contributed by atoms with Crippen molar-refractivity contribution in [3.63, 3.8) is 0 Å². The van der Waals surface area contributed by atoms with Crippen LogP contribution >= 0.6 is 0 Å². The normalized spacial score (nSPS) is 15.4. The van der Waals surface area contributed by atoms with Crippen molar-refractivity contribution in [2.75, 3.05) is 0 Å². The predicted octanol–water partition coefficient (Wildman–Crippen LogP) is 5.61. The largest absolute Gasteiger partial charge is 0.555 e. The molecule has 2 aromatic carbocycles. The van der Waals surface area contributed by atoms with Crippen molar-refractivity contribution in [3.8, 4) is 0 Å². The molecule has 156 valence electrons. The fraction of sp³-hybridized carbons (Fsp3) is 0.321. The summed E-state index contributed by atoms with van der Waals surface area (Å²) in [6, 6.07) is 15.9. The van der Waals surface area contributed by atoms with Gasteiger partial charge in [0.15, 0.2) is 0 Å². The van der Waals surface area contributed by atoms with E-state index in [0.29, 0.717) is 0 Å². The molecular weight excluding hydrogens is 378 g/mol. The zero-order valence-corrected chi connectivity index (χ0v) is 20.0. The summed E-state index contributed by atoms with van der Waals surface area (Å²) in [6.45, 7) is 17.9.